The van der Waals surface area contributed by atoms with Crippen molar-refractivity contribution in [1.29, 1.82) is 0 Å². The highest BCUT2D eigenvalue weighted by molar-refractivity contribution is 9.10. The Morgan fingerprint density at radius 3 is 2.74 bits per heavy atom. The number of hydrogen-bond acceptors (Lipinski definition) is 3. The number of benzene rings is 1. The number of amides is 1. The summed E-state index contributed by atoms with van der Waals surface area (Å²) in [6, 6.07) is 3.84. The number of carbonyl (C=O) groups excluding carboxylic acids is 2. The molecule has 0 aromatic heterocycles. The SMILES string of the molecule is Cc1c(Br)ccc(NC(=O)[C@@H]2[C@H]3C[C@H]4[C@H](OC(=O)[C@H]42)[C@H]3Br)c1C. The minimum Gasteiger partial charge on any atom is -0.461 e. The van der Waals surface area contributed by atoms with E-state index in [1.807, 2.05) is 26.0 Å². The van der Waals surface area contributed by atoms with E-state index in [1.54, 1.807) is 0 Å². The molecule has 4 rings (SSSR count). The van der Waals surface area contributed by atoms with Crippen LogP contribution in [0.15, 0.2) is 16.6 Å². The minimum absolute atomic E-state index is 0.0433. The molecular weight excluding hydrogens is 426 g/mol. The fourth-order valence-electron chi connectivity index (χ4n) is 4.47. The average Bonchev–Trinajstić information content (AvgIpc) is 3.12. The molecule has 4 nitrogen and oxygen atoms in total. The molecule has 2 aliphatic carbocycles. The van der Waals surface area contributed by atoms with Crippen molar-refractivity contribution < 1.29 is 14.3 Å². The van der Waals surface area contributed by atoms with Gasteiger partial charge in [-0.25, -0.2) is 0 Å². The van der Waals surface area contributed by atoms with Crippen molar-refractivity contribution in [3.05, 3.63) is 27.7 Å². The summed E-state index contributed by atoms with van der Waals surface area (Å²) in [6.45, 7) is 4.00. The van der Waals surface area contributed by atoms with Crippen molar-refractivity contribution in [2.24, 2.45) is 23.7 Å². The third kappa shape index (κ3) is 2.14. The van der Waals surface area contributed by atoms with Gasteiger partial charge in [0.25, 0.3) is 0 Å². The van der Waals surface area contributed by atoms with Crippen LogP contribution in [0.4, 0.5) is 5.69 Å². The van der Waals surface area contributed by atoms with E-state index in [1.165, 1.54) is 0 Å². The van der Waals surface area contributed by atoms with Crippen LogP contribution in [0.1, 0.15) is 17.5 Å². The van der Waals surface area contributed by atoms with Crippen molar-refractivity contribution in [1.82, 2.24) is 0 Å². The molecule has 1 aliphatic heterocycles. The molecule has 0 spiro atoms. The standard InChI is InChI=1S/C17H17Br2NO3/c1-6-7(2)11(4-3-10(6)18)20-16(21)12-8-5-9-13(12)17(22)23-15(9)14(8)19/h3-4,8-9,12-15H,5H2,1-2H3,(H,20,21)/t8-,9-,12-,13-,14+,15+/m1/s1. The highest BCUT2D eigenvalue weighted by Gasteiger charge is 2.67. The third-order valence-electron chi connectivity index (χ3n) is 5.80. The number of anilines is 1. The normalized spacial score (nSPS) is 37.1. The van der Waals surface area contributed by atoms with Gasteiger partial charge in [0.2, 0.25) is 5.91 Å². The molecule has 1 amide bonds. The van der Waals surface area contributed by atoms with Gasteiger partial charge in [-0.2, -0.15) is 0 Å². The maximum Gasteiger partial charge on any atom is 0.310 e. The van der Waals surface area contributed by atoms with E-state index in [0.717, 1.165) is 27.7 Å². The number of rotatable bonds is 2. The Kier molecular flexibility index (Phi) is 3.61. The first-order valence-corrected chi connectivity index (χ1v) is 9.52. The van der Waals surface area contributed by atoms with Gasteiger partial charge >= 0.3 is 5.97 Å². The molecule has 6 heteroatoms. The van der Waals surface area contributed by atoms with Crippen LogP contribution >= 0.6 is 31.9 Å². The van der Waals surface area contributed by atoms with Gasteiger partial charge in [0.1, 0.15) is 6.10 Å². The van der Waals surface area contributed by atoms with E-state index in [4.69, 9.17) is 4.74 Å². The van der Waals surface area contributed by atoms with Crippen LogP contribution in [0.3, 0.4) is 0 Å². The molecule has 3 aliphatic rings. The van der Waals surface area contributed by atoms with Gasteiger partial charge < -0.3 is 10.1 Å². The second kappa shape index (κ2) is 5.31. The summed E-state index contributed by atoms with van der Waals surface area (Å²) in [6.07, 6.45) is 0.853. The molecule has 1 N–H and O–H groups in total. The summed E-state index contributed by atoms with van der Waals surface area (Å²) in [7, 11) is 0. The Morgan fingerprint density at radius 2 is 2.00 bits per heavy atom. The van der Waals surface area contributed by atoms with Crippen LogP contribution in [-0.2, 0) is 14.3 Å². The molecule has 2 saturated carbocycles. The zero-order valence-electron chi connectivity index (χ0n) is 12.8. The number of ether oxygens (including phenoxy) is 1. The predicted octanol–water partition coefficient (Wildman–Crippen LogP) is 3.58. The molecule has 0 radical (unpaired) electrons. The lowest BCUT2D eigenvalue weighted by Crippen LogP contribution is -2.40. The van der Waals surface area contributed by atoms with Crippen molar-refractivity contribution in [3.8, 4) is 0 Å². The number of carbonyl (C=O) groups is 2. The van der Waals surface area contributed by atoms with Crippen LogP contribution in [0.25, 0.3) is 0 Å². The van der Waals surface area contributed by atoms with E-state index in [9.17, 15) is 9.59 Å². The van der Waals surface area contributed by atoms with Crippen LogP contribution in [0.5, 0.6) is 0 Å². The number of nitrogens with one attached hydrogen (secondary N) is 1. The van der Waals surface area contributed by atoms with Crippen LogP contribution in [0, 0.1) is 37.5 Å². The molecule has 1 saturated heterocycles. The highest BCUT2D eigenvalue weighted by Crippen LogP contribution is 2.60. The topological polar surface area (TPSA) is 55.4 Å². The van der Waals surface area contributed by atoms with Gasteiger partial charge in [-0.15, -0.1) is 0 Å². The molecule has 23 heavy (non-hydrogen) atoms. The summed E-state index contributed by atoms with van der Waals surface area (Å²) in [5.41, 5.74) is 2.96. The fourth-order valence-corrected chi connectivity index (χ4v) is 5.94. The predicted molar refractivity (Wildman–Crippen MR) is 93.4 cm³/mol. The molecule has 6 atom stereocenters. The number of esters is 1. The summed E-state index contributed by atoms with van der Waals surface area (Å²) < 4.78 is 6.49. The minimum atomic E-state index is -0.293. The first-order valence-electron chi connectivity index (χ1n) is 7.81. The van der Waals surface area contributed by atoms with Gasteiger partial charge in [0, 0.05) is 16.1 Å². The van der Waals surface area contributed by atoms with E-state index >= 15 is 0 Å². The maximum atomic E-state index is 12.9. The average molecular weight is 443 g/mol. The smallest absolute Gasteiger partial charge is 0.310 e. The molecule has 3 fully saturated rings. The van der Waals surface area contributed by atoms with Gasteiger partial charge in [-0.3, -0.25) is 9.59 Å². The monoisotopic (exact) mass is 441 g/mol. The second-order valence-electron chi connectivity index (χ2n) is 6.80. The Morgan fingerprint density at radius 1 is 1.26 bits per heavy atom. The Hall–Kier alpha value is -0.880. The summed E-state index contributed by atoms with van der Waals surface area (Å²) in [4.78, 5) is 25.1. The Balaban J connectivity index is 1.61. The number of fused-ring (bicyclic) bond motifs is 1. The van der Waals surface area contributed by atoms with Crippen LogP contribution in [-0.4, -0.2) is 22.8 Å². The molecular formula is C17H17Br2NO3. The van der Waals surface area contributed by atoms with E-state index in [2.05, 4.69) is 37.2 Å². The van der Waals surface area contributed by atoms with E-state index < -0.39 is 0 Å². The zero-order chi connectivity index (χ0) is 16.5. The molecule has 2 bridgehead atoms. The lowest BCUT2D eigenvalue weighted by atomic mass is 9.79. The molecule has 122 valence electrons. The largest absolute Gasteiger partial charge is 0.461 e. The number of hydrogen-bond donors (Lipinski definition) is 1. The van der Waals surface area contributed by atoms with Crippen molar-refractivity contribution in [2.75, 3.05) is 5.32 Å². The van der Waals surface area contributed by atoms with Crippen molar-refractivity contribution in [3.63, 3.8) is 0 Å². The lowest BCUT2D eigenvalue weighted by molar-refractivity contribution is -0.145. The summed E-state index contributed by atoms with van der Waals surface area (Å²) in [5, 5.41) is 3.04. The van der Waals surface area contributed by atoms with Crippen LogP contribution in [0.2, 0.25) is 0 Å². The third-order valence-corrected chi connectivity index (χ3v) is 7.86. The number of halogens is 2. The molecule has 1 aromatic rings. The first-order chi connectivity index (χ1) is 10.9. The summed E-state index contributed by atoms with van der Waals surface area (Å²) >= 11 is 7.14. The molecule has 1 aromatic carbocycles. The first kappa shape index (κ1) is 15.6. The summed E-state index contributed by atoms with van der Waals surface area (Å²) in [5.74, 6) is -0.448. The fraction of sp³-hybridized carbons (Fsp3) is 0.529. The maximum absolute atomic E-state index is 12.9. The van der Waals surface area contributed by atoms with E-state index in [0.29, 0.717) is 0 Å². The van der Waals surface area contributed by atoms with Crippen molar-refractivity contribution >= 4 is 49.4 Å². The zero-order valence-corrected chi connectivity index (χ0v) is 16.0. The van der Waals surface area contributed by atoms with Crippen molar-refractivity contribution in [2.45, 2.75) is 31.2 Å². The Bertz CT molecular complexity index is 720. The second-order valence-corrected chi connectivity index (χ2v) is 8.71. The molecule has 0 unspecified atom stereocenters. The van der Waals surface area contributed by atoms with Gasteiger partial charge in [0.15, 0.2) is 0 Å². The molecule has 1 heterocycles. The quantitative estimate of drug-likeness (QED) is 0.562. The number of alkyl halides is 1. The van der Waals surface area contributed by atoms with Gasteiger partial charge in [-0.05, 0) is 49.4 Å². The Labute approximate surface area is 151 Å². The van der Waals surface area contributed by atoms with Crippen LogP contribution < -0.4 is 5.32 Å². The highest BCUT2D eigenvalue weighted by atomic mass is 79.9. The van der Waals surface area contributed by atoms with Gasteiger partial charge in [0.05, 0.1) is 16.7 Å². The lowest BCUT2D eigenvalue weighted by Gasteiger charge is -2.27. The van der Waals surface area contributed by atoms with E-state index in [-0.39, 0.29) is 46.5 Å². The van der Waals surface area contributed by atoms with Gasteiger partial charge in [-0.1, -0.05) is 31.9 Å².